The fraction of sp³-hybridized carbons (Fsp3) is 0.625. The van der Waals surface area contributed by atoms with Crippen molar-refractivity contribution in [3.8, 4) is 0 Å². The number of carbonyl (C=O) groups is 1. The van der Waals surface area contributed by atoms with Gasteiger partial charge in [-0.3, -0.25) is 4.79 Å². The second-order valence-corrected chi connectivity index (χ2v) is 4.32. The van der Waals surface area contributed by atoms with E-state index in [1.807, 2.05) is 0 Å². The summed E-state index contributed by atoms with van der Waals surface area (Å²) in [5, 5.41) is 16.1. The standard InChI is InChI=1S/C8H10F3N3O2S/c1-4-12-13-7(14(4)2)17-3-5(6(15)16)8(9,10)11/h5H,3H2,1-2H3,(H,15,16). The van der Waals surface area contributed by atoms with Gasteiger partial charge in [0.25, 0.3) is 0 Å². The lowest BCUT2D eigenvalue weighted by molar-refractivity contribution is -0.188. The van der Waals surface area contributed by atoms with Gasteiger partial charge < -0.3 is 9.67 Å². The molecule has 0 saturated heterocycles. The molecule has 1 N–H and O–H groups in total. The third kappa shape index (κ3) is 3.35. The molecule has 1 unspecified atom stereocenters. The average molecular weight is 269 g/mol. The van der Waals surface area contributed by atoms with E-state index in [0.717, 1.165) is 11.8 Å². The highest BCUT2D eigenvalue weighted by atomic mass is 32.2. The van der Waals surface area contributed by atoms with Crippen LogP contribution in [0.3, 0.4) is 0 Å². The van der Waals surface area contributed by atoms with Crippen molar-refractivity contribution in [2.45, 2.75) is 18.3 Å². The summed E-state index contributed by atoms with van der Waals surface area (Å²) in [7, 11) is 1.60. The minimum atomic E-state index is -4.76. The Labute approximate surface area is 99.0 Å². The number of carboxylic acid groups (broad SMARTS) is 1. The normalized spacial score (nSPS) is 13.7. The Bertz CT molecular complexity index is 419. The highest BCUT2D eigenvalue weighted by molar-refractivity contribution is 7.99. The maximum atomic E-state index is 12.3. The van der Waals surface area contributed by atoms with Crippen molar-refractivity contribution in [1.29, 1.82) is 0 Å². The Hall–Kier alpha value is -1.25. The van der Waals surface area contributed by atoms with Crippen molar-refractivity contribution in [2.24, 2.45) is 13.0 Å². The van der Waals surface area contributed by atoms with E-state index < -0.39 is 23.8 Å². The molecule has 1 rings (SSSR count). The lowest BCUT2D eigenvalue weighted by Crippen LogP contribution is -2.32. The Morgan fingerprint density at radius 3 is 2.47 bits per heavy atom. The zero-order chi connectivity index (χ0) is 13.2. The van der Waals surface area contributed by atoms with Crippen LogP contribution >= 0.6 is 11.8 Å². The molecular weight excluding hydrogens is 259 g/mol. The number of alkyl halides is 3. The van der Waals surface area contributed by atoms with Gasteiger partial charge in [0.1, 0.15) is 5.82 Å². The van der Waals surface area contributed by atoms with Gasteiger partial charge in [-0.2, -0.15) is 13.2 Å². The molecular formula is C8H10F3N3O2S. The fourth-order valence-electron chi connectivity index (χ4n) is 0.977. The van der Waals surface area contributed by atoms with Crippen molar-refractivity contribution in [2.75, 3.05) is 5.75 Å². The van der Waals surface area contributed by atoms with E-state index in [1.165, 1.54) is 4.57 Å². The first-order valence-corrected chi connectivity index (χ1v) is 5.50. The molecule has 0 aliphatic carbocycles. The van der Waals surface area contributed by atoms with Crippen molar-refractivity contribution >= 4 is 17.7 Å². The number of hydrogen-bond acceptors (Lipinski definition) is 4. The van der Waals surface area contributed by atoms with Crippen LogP contribution in [0, 0.1) is 12.8 Å². The second-order valence-electron chi connectivity index (χ2n) is 3.33. The molecule has 17 heavy (non-hydrogen) atoms. The van der Waals surface area contributed by atoms with E-state index in [0.29, 0.717) is 5.82 Å². The van der Waals surface area contributed by atoms with Crippen molar-refractivity contribution in [3.05, 3.63) is 5.82 Å². The summed E-state index contributed by atoms with van der Waals surface area (Å²) in [6.07, 6.45) is -4.76. The number of rotatable bonds is 4. The van der Waals surface area contributed by atoms with Gasteiger partial charge in [0, 0.05) is 12.8 Å². The first kappa shape index (κ1) is 13.8. The van der Waals surface area contributed by atoms with E-state index in [9.17, 15) is 18.0 Å². The smallest absolute Gasteiger partial charge is 0.403 e. The van der Waals surface area contributed by atoms with Gasteiger partial charge in [-0.25, -0.2) is 0 Å². The van der Waals surface area contributed by atoms with E-state index >= 15 is 0 Å². The van der Waals surface area contributed by atoms with Crippen LogP contribution in [0.1, 0.15) is 5.82 Å². The number of hydrogen-bond donors (Lipinski definition) is 1. The quantitative estimate of drug-likeness (QED) is 0.838. The minimum absolute atomic E-state index is 0.262. The highest BCUT2D eigenvalue weighted by Gasteiger charge is 2.45. The van der Waals surface area contributed by atoms with Crippen LogP contribution in [0.2, 0.25) is 0 Å². The summed E-state index contributed by atoms with van der Waals surface area (Å²) in [5.41, 5.74) is 0. The molecule has 9 heteroatoms. The molecule has 1 aromatic heterocycles. The SMILES string of the molecule is Cc1nnc(SCC(C(=O)O)C(F)(F)F)n1C. The predicted molar refractivity (Wildman–Crippen MR) is 53.6 cm³/mol. The molecule has 0 bridgehead atoms. The van der Waals surface area contributed by atoms with Crippen LogP contribution in [0.5, 0.6) is 0 Å². The highest BCUT2D eigenvalue weighted by Crippen LogP contribution is 2.31. The third-order valence-corrected chi connectivity index (χ3v) is 3.24. The van der Waals surface area contributed by atoms with E-state index in [1.54, 1.807) is 14.0 Å². The van der Waals surface area contributed by atoms with Crippen LogP contribution in [0.15, 0.2) is 5.16 Å². The molecule has 1 heterocycles. The first-order chi connectivity index (χ1) is 7.73. The number of halogens is 3. The van der Waals surface area contributed by atoms with E-state index in [-0.39, 0.29) is 5.16 Å². The van der Waals surface area contributed by atoms with Crippen LogP contribution in [-0.2, 0) is 11.8 Å². The molecule has 5 nitrogen and oxygen atoms in total. The second kappa shape index (κ2) is 4.94. The van der Waals surface area contributed by atoms with E-state index in [2.05, 4.69) is 10.2 Å². The Balaban J connectivity index is 2.71. The average Bonchev–Trinajstić information content (AvgIpc) is 2.47. The number of aromatic nitrogens is 3. The summed E-state index contributed by atoms with van der Waals surface area (Å²) in [5.74, 6) is -4.36. The summed E-state index contributed by atoms with van der Waals surface area (Å²) in [6, 6.07) is 0. The molecule has 0 radical (unpaired) electrons. The van der Waals surface area contributed by atoms with Crippen LogP contribution in [-0.4, -0.2) is 37.8 Å². The van der Waals surface area contributed by atoms with Gasteiger partial charge in [-0.15, -0.1) is 10.2 Å². The molecule has 1 aromatic rings. The summed E-state index contributed by atoms with van der Waals surface area (Å²) in [6.45, 7) is 1.65. The lowest BCUT2D eigenvalue weighted by atomic mass is 10.2. The first-order valence-electron chi connectivity index (χ1n) is 4.51. The van der Waals surface area contributed by atoms with E-state index in [4.69, 9.17) is 5.11 Å². The zero-order valence-electron chi connectivity index (χ0n) is 9.02. The number of aryl methyl sites for hydroxylation is 1. The molecule has 0 aliphatic rings. The summed E-state index contributed by atoms with van der Waals surface area (Å²) >= 11 is 0.720. The molecule has 0 fully saturated rings. The molecule has 0 saturated carbocycles. The summed E-state index contributed by atoms with van der Waals surface area (Å²) < 4.78 is 38.5. The molecule has 0 aromatic carbocycles. The molecule has 0 amide bonds. The maximum absolute atomic E-state index is 12.3. The summed E-state index contributed by atoms with van der Waals surface area (Å²) in [4.78, 5) is 10.5. The monoisotopic (exact) mass is 269 g/mol. The number of carboxylic acids is 1. The number of aliphatic carboxylic acids is 1. The Morgan fingerprint density at radius 2 is 2.12 bits per heavy atom. The van der Waals surface area contributed by atoms with Gasteiger partial charge in [-0.1, -0.05) is 11.8 Å². The maximum Gasteiger partial charge on any atom is 0.403 e. The van der Waals surface area contributed by atoms with Gasteiger partial charge in [-0.05, 0) is 6.92 Å². The van der Waals surface area contributed by atoms with Gasteiger partial charge in [0.05, 0.1) is 0 Å². The van der Waals surface area contributed by atoms with Crippen molar-refractivity contribution in [1.82, 2.24) is 14.8 Å². The largest absolute Gasteiger partial charge is 0.481 e. The van der Waals surface area contributed by atoms with Crippen LogP contribution in [0.4, 0.5) is 13.2 Å². The number of thioether (sulfide) groups is 1. The minimum Gasteiger partial charge on any atom is -0.481 e. The van der Waals surface area contributed by atoms with Gasteiger partial charge >= 0.3 is 12.1 Å². The molecule has 0 aliphatic heterocycles. The fourth-order valence-corrected chi connectivity index (χ4v) is 2.05. The van der Waals surface area contributed by atoms with Crippen LogP contribution in [0.25, 0.3) is 0 Å². The van der Waals surface area contributed by atoms with Crippen LogP contribution < -0.4 is 0 Å². The topological polar surface area (TPSA) is 68.0 Å². The Morgan fingerprint density at radius 1 is 1.53 bits per heavy atom. The molecule has 96 valence electrons. The van der Waals surface area contributed by atoms with Crippen molar-refractivity contribution in [3.63, 3.8) is 0 Å². The van der Waals surface area contributed by atoms with Crippen molar-refractivity contribution < 1.29 is 23.1 Å². The number of nitrogens with zero attached hydrogens (tertiary/aromatic N) is 3. The van der Waals surface area contributed by atoms with Gasteiger partial charge in [0.2, 0.25) is 0 Å². The third-order valence-electron chi connectivity index (χ3n) is 2.12. The zero-order valence-corrected chi connectivity index (χ0v) is 9.84. The lowest BCUT2D eigenvalue weighted by Gasteiger charge is -2.14. The molecule has 0 spiro atoms. The molecule has 1 atom stereocenters. The predicted octanol–water partition coefficient (Wildman–Crippen LogP) is 1.48. The Kier molecular flexibility index (Phi) is 4.02. The van der Waals surface area contributed by atoms with Gasteiger partial charge in [0.15, 0.2) is 11.1 Å².